The molecule has 0 aliphatic carbocycles. The van der Waals surface area contributed by atoms with Crippen molar-refractivity contribution in [3.05, 3.63) is 0 Å². The molecule has 1 N–H and O–H groups in total. The van der Waals surface area contributed by atoms with Crippen molar-refractivity contribution in [1.29, 1.82) is 0 Å². The topological polar surface area (TPSA) is 89.9 Å². The van der Waals surface area contributed by atoms with Crippen LogP contribution in [0, 0.1) is 0 Å². The predicted molar refractivity (Wildman–Crippen MR) is 58.1 cm³/mol. The van der Waals surface area contributed by atoms with Gasteiger partial charge in [0.1, 0.15) is 0 Å². The van der Waals surface area contributed by atoms with Gasteiger partial charge in [-0.2, -0.15) is 0 Å². The molecule has 0 spiro atoms. The molecule has 0 radical (unpaired) electrons. The van der Waals surface area contributed by atoms with Crippen molar-refractivity contribution in [3.63, 3.8) is 0 Å². The fourth-order valence-corrected chi connectivity index (χ4v) is 1.59. The molecule has 0 saturated heterocycles. The molecule has 0 fully saturated rings. The van der Waals surface area contributed by atoms with Gasteiger partial charge in [-0.15, -0.1) is 0 Å². The molecule has 98 valence electrons. The Morgan fingerprint density at radius 3 is 2.24 bits per heavy atom. The highest BCUT2D eigenvalue weighted by atomic mass is 16.6. The average molecular weight is 246 g/mol. The number of esters is 2. The van der Waals surface area contributed by atoms with Crippen LogP contribution in [0.15, 0.2) is 0 Å². The van der Waals surface area contributed by atoms with Crippen molar-refractivity contribution in [1.82, 2.24) is 0 Å². The van der Waals surface area contributed by atoms with Crippen molar-refractivity contribution in [2.45, 2.75) is 45.3 Å². The summed E-state index contributed by atoms with van der Waals surface area (Å²) in [6.07, 6.45) is -0.0681. The largest absolute Gasteiger partial charge is 0.455 e. The van der Waals surface area contributed by atoms with E-state index in [4.69, 9.17) is 14.6 Å². The zero-order valence-electron chi connectivity index (χ0n) is 10.3. The first kappa shape index (κ1) is 15.6. The molecule has 0 aromatic heterocycles. The van der Waals surface area contributed by atoms with Crippen molar-refractivity contribution in [2.75, 3.05) is 6.61 Å². The van der Waals surface area contributed by atoms with Gasteiger partial charge in [0.2, 0.25) is 5.60 Å². The molecular formula is C11H18O6. The standard InChI is InChI=1S/C11H18O6/c1-4-5-11(7-13,17-9(3)15)10(6-12)16-8(2)14/h7,10,12H,4-6H2,1-3H3. The molecule has 17 heavy (non-hydrogen) atoms. The summed E-state index contributed by atoms with van der Waals surface area (Å²) in [6, 6.07) is 0. The van der Waals surface area contributed by atoms with Gasteiger partial charge in [-0.05, 0) is 6.42 Å². The number of aliphatic hydroxyl groups is 1. The van der Waals surface area contributed by atoms with E-state index in [0.717, 1.165) is 13.8 Å². The van der Waals surface area contributed by atoms with Crippen LogP contribution >= 0.6 is 0 Å². The van der Waals surface area contributed by atoms with Gasteiger partial charge in [-0.25, -0.2) is 0 Å². The van der Waals surface area contributed by atoms with Crippen LogP contribution in [-0.4, -0.2) is 41.6 Å². The summed E-state index contributed by atoms with van der Waals surface area (Å²) in [5, 5.41) is 9.15. The first-order chi connectivity index (χ1) is 7.91. The number of hydrogen-bond acceptors (Lipinski definition) is 6. The molecule has 0 aliphatic heterocycles. The SMILES string of the molecule is CCCC(C=O)(OC(C)=O)C(CO)OC(C)=O. The van der Waals surface area contributed by atoms with Crippen LogP contribution in [0.5, 0.6) is 0 Å². The van der Waals surface area contributed by atoms with Gasteiger partial charge in [0, 0.05) is 13.8 Å². The zero-order valence-corrected chi connectivity index (χ0v) is 10.3. The second-order valence-electron chi connectivity index (χ2n) is 3.70. The smallest absolute Gasteiger partial charge is 0.303 e. The maximum absolute atomic E-state index is 11.2. The lowest BCUT2D eigenvalue weighted by atomic mass is 9.92. The third-order valence-corrected chi connectivity index (χ3v) is 2.19. The van der Waals surface area contributed by atoms with E-state index in [1.807, 2.05) is 0 Å². The first-order valence-electron chi connectivity index (χ1n) is 5.35. The van der Waals surface area contributed by atoms with Gasteiger partial charge in [-0.1, -0.05) is 13.3 Å². The summed E-state index contributed by atoms with van der Waals surface area (Å²) >= 11 is 0. The number of aliphatic hydroxyl groups excluding tert-OH is 1. The Bertz CT molecular complexity index is 288. The Kier molecular flexibility index (Phi) is 6.42. The Labute approximate surface area is 99.9 Å². The molecule has 0 aromatic carbocycles. The molecule has 0 saturated carbocycles. The van der Waals surface area contributed by atoms with Crippen LogP contribution in [0.4, 0.5) is 0 Å². The molecule has 0 bridgehead atoms. The van der Waals surface area contributed by atoms with E-state index in [1.54, 1.807) is 6.92 Å². The number of aldehydes is 1. The van der Waals surface area contributed by atoms with Gasteiger partial charge < -0.3 is 14.6 Å². The Hall–Kier alpha value is -1.43. The van der Waals surface area contributed by atoms with Crippen molar-refractivity contribution < 1.29 is 29.0 Å². The molecule has 6 nitrogen and oxygen atoms in total. The summed E-state index contributed by atoms with van der Waals surface area (Å²) < 4.78 is 9.75. The fourth-order valence-electron chi connectivity index (χ4n) is 1.59. The maximum Gasteiger partial charge on any atom is 0.303 e. The highest BCUT2D eigenvalue weighted by molar-refractivity contribution is 5.74. The normalized spacial score (nSPS) is 15.5. The molecule has 2 atom stereocenters. The van der Waals surface area contributed by atoms with E-state index >= 15 is 0 Å². The molecule has 0 rings (SSSR count). The Balaban J connectivity index is 5.13. The van der Waals surface area contributed by atoms with Gasteiger partial charge in [0.25, 0.3) is 0 Å². The van der Waals surface area contributed by atoms with E-state index in [-0.39, 0.29) is 6.42 Å². The minimum absolute atomic E-state index is 0.175. The van der Waals surface area contributed by atoms with E-state index in [1.165, 1.54) is 0 Å². The summed E-state index contributed by atoms with van der Waals surface area (Å²) in [5.74, 6) is -1.32. The summed E-state index contributed by atoms with van der Waals surface area (Å²) in [5.41, 5.74) is -1.61. The van der Waals surface area contributed by atoms with Gasteiger partial charge in [-0.3, -0.25) is 14.4 Å². The van der Waals surface area contributed by atoms with Crippen LogP contribution < -0.4 is 0 Å². The highest BCUT2D eigenvalue weighted by Crippen LogP contribution is 2.23. The second kappa shape index (κ2) is 7.01. The summed E-state index contributed by atoms with van der Waals surface area (Å²) in [4.78, 5) is 33.0. The van der Waals surface area contributed by atoms with Crippen molar-refractivity contribution in [2.24, 2.45) is 0 Å². The molecule has 0 aliphatic rings. The van der Waals surface area contributed by atoms with Crippen LogP contribution in [-0.2, 0) is 23.9 Å². The number of rotatable bonds is 7. The average Bonchev–Trinajstić information content (AvgIpc) is 2.24. The van der Waals surface area contributed by atoms with Crippen LogP contribution in [0.2, 0.25) is 0 Å². The van der Waals surface area contributed by atoms with Gasteiger partial charge in [0.05, 0.1) is 6.61 Å². The fraction of sp³-hybridized carbons (Fsp3) is 0.727. The molecule has 0 aromatic rings. The quantitative estimate of drug-likeness (QED) is 0.510. The minimum Gasteiger partial charge on any atom is -0.455 e. The summed E-state index contributed by atoms with van der Waals surface area (Å²) in [7, 11) is 0. The van der Waals surface area contributed by atoms with E-state index in [0.29, 0.717) is 12.7 Å². The summed E-state index contributed by atoms with van der Waals surface area (Å²) in [6.45, 7) is 3.49. The third kappa shape index (κ3) is 4.52. The van der Waals surface area contributed by atoms with Crippen molar-refractivity contribution >= 4 is 18.2 Å². The third-order valence-electron chi connectivity index (χ3n) is 2.19. The molecule has 0 heterocycles. The number of carbonyl (C=O) groups excluding carboxylic acids is 3. The van der Waals surface area contributed by atoms with E-state index < -0.39 is 30.3 Å². The molecular weight excluding hydrogens is 228 g/mol. The minimum atomic E-state index is -1.61. The Morgan fingerprint density at radius 1 is 1.35 bits per heavy atom. The highest BCUT2D eigenvalue weighted by Gasteiger charge is 2.43. The Morgan fingerprint density at radius 2 is 1.94 bits per heavy atom. The lowest BCUT2D eigenvalue weighted by Gasteiger charge is -2.33. The van der Waals surface area contributed by atoms with Gasteiger partial charge in [0.15, 0.2) is 12.4 Å². The first-order valence-corrected chi connectivity index (χ1v) is 5.35. The lowest BCUT2D eigenvalue weighted by molar-refractivity contribution is -0.188. The van der Waals surface area contributed by atoms with E-state index in [9.17, 15) is 14.4 Å². The molecule has 2 unspecified atom stereocenters. The monoisotopic (exact) mass is 246 g/mol. The number of carbonyl (C=O) groups is 3. The maximum atomic E-state index is 11.2. The molecule has 0 amide bonds. The van der Waals surface area contributed by atoms with Crippen molar-refractivity contribution in [3.8, 4) is 0 Å². The number of hydrogen-bond donors (Lipinski definition) is 1. The number of ether oxygens (including phenoxy) is 2. The molecule has 6 heteroatoms. The second-order valence-corrected chi connectivity index (χ2v) is 3.70. The van der Waals surface area contributed by atoms with Gasteiger partial charge >= 0.3 is 11.9 Å². The van der Waals surface area contributed by atoms with E-state index in [2.05, 4.69) is 0 Å². The predicted octanol–water partition coefficient (Wildman–Crippen LogP) is 0.211. The van der Waals surface area contributed by atoms with Crippen LogP contribution in [0.25, 0.3) is 0 Å². The van der Waals surface area contributed by atoms with Crippen LogP contribution in [0.3, 0.4) is 0 Å². The zero-order chi connectivity index (χ0) is 13.5. The van der Waals surface area contributed by atoms with Crippen LogP contribution in [0.1, 0.15) is 33.6 Å². The lowest BCUT2D eigenvalue weighted by Crippen LogP contribution is -2.51.